The summed E-state index contributed by atoms with van der Waals surface area (Å²) < 4.78 is 0. The Labute approximate surface area is 135 Å². The zero-order valence-corrected chi connectivity index (χ0v) is 13.4. The van der Waals surface area contributed by atoms with Gasteiger partial charge in [-0.2, -0.15) is 9.97 Å². The van der Waals surface area contributed by atoms with Crippen LogP contribution in [0.2, 0.25) is 0 Å². The van der Waals surface area contributed by atoms with E-state index >= 15 is 0 Å². The molecule has 1 aromatic rings. The van der Waals surface area contributed by atoms with Gasteiger partial charge in [-0.25, -0.2) is 0 Å². The number of nitrogen functional groups attached to an aromatic ring is 1. The fraction of sp³-hybridized carbons (Fsp3) is 0.733. The number of hydrogen-bond donors (Lipinski definition) is 1. The molecule has 0 aromatic carbocycles. The molecule has 0 amide bonds. The molecule has 3 rings (SSSR count). The number of anilines is 3. The fourth-order valence-electron chi connectivity index (χ4n) is 3.36. The Balaban J connectivity index is 1.98. The molecule has 2 saturated heterocycles. The lowest BCUT2D eigenvalue weighted by molar-refractivity contribution is -0.383. The highest BCUT2D eigenvalue weighted by atomic mass is 16.6. The molecule has 0 saturated carbocycles. The Morgan fingerprint density at radius 1 is 0.870 bits per heavy atom. The molecule has 126 valence electrons. The number of hydrogen-bond acceptors (Lipinski definition) is 7. The minimum absolute atomic E-state index is 0.0233. The summed E-state index contributed by atoms with van der Waals surface area (Å²) in [6.07, 6.45) is 7.82. The molecule has 2 aliphatic rings. The molecule has 8 nitrogen and oxygen atoms in total. The van der Waals surface area contributed by atoms with Gasteiger partial charge in [0.25, 0.3) is 0 Å². The highest BCUT2D eigenvalue weighted by molar-refractivity contribution is 5.71. The van der Waals surface area contributed by atoms with E-state index in [1.54, 1.807) is 0 Å². The quantitative estimate of drug-likeness (QED) is 0.673. The number of aromatic nitrogens is 2. The molecular weight excluding hydrogens is 296 g/mol. The van der Waals surface area contributed by atoms with E-state index in [1.807, 2.05) is 4.90 Å². The lowest BCUT2D eigenvalue weighted by Crippen LogP contribution is -2.33. The molecule has 1 aromatic heterocycles. The summed E-state index contributed by atoms with van der Waals surface area (Å²) in [5.41, 5.74) is 5.78. The molecule has 2 aliphatic heterocycles. The predicted molar refractivity (Wildman–Crippen MR) is 89.8 cm³/mol. The standard InChI is InChI=1S/C15H24N6O2/c16-13-12(21(22)23)14(19-8-6-3-7-9-19)18-15(17-13)20-10-4-1-2-5-11-20/h1-11H2,(H2,16,17,18). The first-order valence-corrected chi connectivity index (χ1v) is 8.48. The molecule has 3 heterocycles. The molecular formula is C15H24N6O2. The first kappa shape index (κ1) is 15.8. The van der Waals surface area contributed by atoms with Gasteiger partial charge >= 0.3 is 5.69 Å². The SMILES string of the molecule is Nc1nc(N2CCCCCC2)nc(N2CCCCC2)c1[N+](=O)[O-]. The van der Waals surface area contributed by atoms with Crippen LogP contribution < -0.4 is 15.5 Å². The zero-order valence-electron chi connectivity index (χ0n) is 13.4. The van der Waals surface area contributed by atoms with Gasteiger partial charge < -0.3 is 15.5 Å². The van der Waals surface area contributed by atoms with Crippen LogP contribution in [0.1, 0.15) is 44.9 Å². The number of nitrogens with zero attached hydrogens (tertiary/aromatic N) is 5. The van der Waals surface area contributed by atoms with Crippen molar-refractivity contribution in [2.45, 2.75) is 44.9 Å². The molecule has 0 bridgehead atoms. The monoisotopic (exact) mass is 320 g/mol. The van der Waals surface area contributed by atoms with Crippen LogP contribution >= 0.6 is 0 Å². The van der Waals surface area contributed by atoms with E-state index in [9.17, 15) is 10.1 Å². The van der Waals surface area contributed by atoms with Crippen LogP contribution in [0.25, 0.3) is 0 Å². The average Bonchev–Trinajstić information content (AvgIpc) is 2.84. The van der Waals surface area contributed by atoms with E-state index in [0.29, 0.717) is 11.8 Å². The Morgan fingerprint density at radius 2 is 1.39 bits per heavy atom. The average molecular weight is 320 g/mol. The molecule has 8 heteroatoms. The second-order valence-corrected chi connectivity index (χ2v) is 6.29. The van der Waals surface area contributed by atoms with Crippen molar-refractivity contribution in [3.63, 3.8) is 0 Å². The lowest BCUT2D eigenvalue weighted by Gasteiger charge is -2.29. The maximum absolute atomic E-state index is 11.4. The third kappa shape index (κ3) is 3.46. The molecule has 0 radical (unpaired) electrons. The van der Waals surface area contributed by atoms with Gasteiger partial charge in [0.1, 0.15) is 0 Å². The third-order valence-corrected chi connectivity index (χ3v) is 4.61. The van der Waals surface area contributed by atoms with Gasteiger partial charge in [-0.05, 0) is 32.1 Å². The van der Waals surface area contributed by atoms with E-state index in [0.717, 1.165) is 58.3 Å². The highest BCUT2D eigenvalue weighted by Crippen LogP contribution is 2.34. The maximum Gasteiger partial charge on any atom is 0.353 e. The van der Waals surface area contributed by atoms with Crippen LogP contribution in [-0.2, 0) is 0 Å². The van der Waals surface area contributed by atoms with E-state index < -0.39 is 4.92 Å². The Kier molecular flexibility index (Phi) is 4.78. The van der Waals surface area contributed by atoms with E-state index in [-0.39, 0.29) is 11.5 Å². The second-order valence-electron chi connectivity index (χ2n) is 6.29. The van der Waals surface area contributed by atoms with Crippen molar-refractivity contribution in [1.29, 1.82) is 0 Å². The van der Waals surface area contributed by atoms with Crippen LogP contribution in [0, 0.1) is 10.1 Å². The Hall–Kier alpha value is -2.12. The minimum atomic E-state index is -0.453. The van der Waals surface area contributed by atoms with Crippen LogP contribution in [0.3, 0.4) is 0 Å². The van der Waals surface area contributed by atoms with Crippen molar-refractivity contribution in [3.05, 3.63) is 10.1 Å². The predicted octanol–water partition coefficient (Wildman–Crippen LogP) is 2.34. The summed E-state index contributed by atoms with van der Waals surface area (Å²) in [5, 5.41) is 11.4. The topological polar surface area (TPSA) is 101 Å². The van der Waals surface area contributed by atoms with Crippen LogP contribution in [0.5, 0.6) is 0 Å². The molecule has 0 unspecified atom stereocenters. The number of rotatable bonds is 3. The largest absolute Gasteiger partial charge is 0.378 e. The van der Waals surface area contributed by atoms with Gasteiger partial charge in [0.05, 0.1) is 4.92 Å². The normalized spacial score (nSPS) is 19.5. The highest BCUT2D eigenvalue weighted by Gasteiger charge is 2.29. The molecule has 0 aliphatic carbocycles. The summed E-state index contributed by atoms with van der Waals surface area (Å²) in [7, 11) is 0. The number of piperidine rings is 1. The molecule has 23 heavy (non-hydrogen) atoms. The van der Waals surface area contributed by atoms with Crippen molar-refractivity contribution < 1.29 is 4.92 Å². The van der Waals surface area contributed by atoms with Crippen LogP contribution in [0.4, 0.5) is 23.3 Å². The van der Waals surface area contributed by atoms with E-state index in [4.69, 9.17) is 5.73 Å². The summed E-state index contributed by atoms with van der Waals surface area (Å²) in [6, 6.07) is 0. The van der Waals surface area contributed by atoms with Crippen molar-refractivity contribution >= 4 is 23.3 Å². The van der Waals surface area contributed by atoms with E-state index in [2.05, 4.69) is 14.9 Å². The molecule has 0 spiro atoms. The maximum atomic E-state index is 11.4. The Morgan fingerprint density at radius 3 is 1.96 bits per heavy atom. The van der Waals surface area contributed by atoms with Crippen molar-refractivity contribution in [2.24, 2.45) is 0 Å². The minimum Gasteiger partial charge on any atom is -0.378 e. The molecule has 2 fully saturated rings. The first-order valence-electron chi connectivity index (χ1n) is 8.48. The zero-order chi connectivity index (χ0) is 16.2. The van der Waals surface area contributed by atoms with Crippen LogP contribution in [0.15, 0.2) is 0 Å². The Bertz CT molecular complexity index is 565. The smallest absolute Gasteiger partial charge is 0.353 e. The van der Waals surface area contributed by atoms with Gasteiger partial charge in [-0.1, -0.05) is 12.8 Å². The van der Waals surface area contributed by atoms with Crippen molar-refractivity contribution in [2.75, 3.05) is 41.7 Å². The van der Waals surface area contributed by atoms with Crippen LogP contribution in [-0.4, -0.2) is 41.1 Å². The van der Waals surface area contributed by atoms with Gasteiger partial charge in [-0.3, -0.25) is 10.1 Å². The third-order valence-electron chi connectivity index (χ3n) is 4.61. The number of nitro groups is 1. The fourth-order valence-corrected chi connectivity index (χ4v) is 3.36. The van der Waals surface area contributed by atoms with Gasteiger partial charge in [-0.15, -0.1) is 0 Å². The number of nitrogens with two attached hydrogens (primary N) is 1. The van der Waals surface area contributed by atoms with Gasteiger partial charge in [0.2, 0.25) is 17.6 Å². The van der Waals surface area contributed by atoms with Crippen molar-refractivity contribution in [3.8, 4) is 0 Å². The first-order chi connectivity index (χ1) is 11.2. The van der Waals surface area contributed by atoms with E-state index in [1.165, 1.54) is 12.8 Å². The van der Waals surface area contributed by atoms with Gasteiger partial charge in [0.15, 0.2) is 0 Å². The van der Waals surface area contributed by atoms with Crippen molar-refractivity contribution in [1.82, 2.24) is 9.97 Å². The molecule has 2 N–H and O–H groups in total. The summed E-state index contributed by atoms with van der Waals surface area (Å²) in [5.74, 6) is 0.904. The second kappa shape index (κ2) is 6.97. The summed E-state index contributed by atoms with van der Waals surface area (Å²) in [4.78, 5) is 23.9. The van der Waals surface area contributed by atoms with Gasteiger partial charge in [0, 0.05) is 26.2 Å². The lowest BCUT2D eigenvalue weighted by atomic mass is 10.1. The molecule has 0 atom stereocenters. The summed E-state index contributed by atoms with van der Waals surface area (Å²) >= 11 is 0. The summed E-state index contributed by atoms with van der Waals surface area (Å²) in [6.45, 7) is 3.35.